The van der Waals surface area contributed by atoms with Crippen molar-refractivity contribution in [3.05, 3.63) is 5.82 Å². The van der Waals surface area contributed by atoms with E-state index in [-0.39, 0.29) is 12.4 Å². The van der Waals surface area contributed by atoms with E-state index >= 15 is 0 Å². The Hall–Kier alpha value is -0.770. The first kappa shape index (κ1) is 13.2. The Morgan fingerprint density at radius 2 is 1.93 bits per heavy atom. The van der Waals surface area contributed by atoms with Crippen LogP contribution >= 0.6 is 12.4 Å². The van der Waals surface area contributed by atoms with Crippen LogP contribution in [-0.4, -0.2) is 15.2 Å². The Balaban J connectivity index is 0.00000169. The third-order valence-electron chi connectivity index (χ3n) is 2.07. The number of nitrogens with two attached hydrogens (primary N) is 1. The highest BCUT2D eigenvalue weighted by atomic mass is 35.5. The van der Waals surface area contributed by atoms with E-state index in [4.69, 9.17) is 5.73 Å². The molecule has 0 fully saturated rings. The summed E-state index contributed by atoms with van der Waals surface area (Å²) in [6.07, 6.45) is 7.35. The van der Waals surface area contributed by atoms with E-state index in [1.165, 1.54) is 32.1 Å². The van der Waals surface area contributed by atoms with Crippen LogP contribution in [0.25, 0.3) is 0 Å². The molecule has 0 unspecified atom stereocenters. The van der Waals surface area contributed by atoms with Crippen LogP contribution in [0.2, 0.25) is 0 Å². The Labute approximate surface area is 91.1 Å². The van der Waals surface area contributed by atoms with E-state index in [1.807, 2.05) is 0 Å². The second kappa shape index (κ2) is 7.62. The minimum absolute atomic E-state index is 0. The Kier molecular flexibility index (Phi) is 7.20. The normalized spacial score (nSPS) is 9.79. The quantitative estimate of drug-likeness (QED) is 0.721. The molecule has 0 radical (unpaired) electrons. The van der Waals surface area contributed by atoms with Gasteiger partial charge in [0, 0.05) is 6.42 Å². The average molecular weight is 219 g/mol. The van der Waals surface area contributed by atoms with Gasteiger partial charge in [0.25, 0.3) is 0 Å². The summed E-state index contributed by atoms with van der Waals surface area (Å²) >= 11 is 0. The molecule has 0 bridgehead atoms. The number of hydrogen-bond acceptors (Lipinski definition) is 3. The van der Waals surface area contributed by atoms with E-state index in [9.17, 15) is 0 Å². The highest BCUT2D eigenvalue weighted by Gasteiger charge is 1.98. The number of halogens is 1. The molecule has 0 saturated heterocycles. The average Bonchev–Trinajstić information content (AvgIpc) is 2.51. The summed E-state index contributed by atoms with van der Waals surface area (Å²) < 4.78 is 0. The molecule has 14 heavy (non-hydrogen) atoms. The molecule has 0 aliphatic heterocycles. The summed E-state index contributed by atoms with van der Waals surface area (Å²) in [4.78, 5) is 4.04. The van der Waals surface area contributed by atoms with Crippen LogP contribution in [0.3, 0.4) is 0 Å². The maximum Gasteiger partial charge on any atom is 0.239 e. The fourth-order valence-corrected chi connectivity index (χ4v) is 1.32. The van der Waals surface area contributed by atoms with Crippen LogP contribution in [0.15, 0.2) is 0 Å². The smallest absolute Gasteiger partial charge is 0.239 e. The van der Waals surface area contributed by atoms with Crippen LogP contribution in [0.5, 0.6) is 0 Å². The first-order chi connectivity index (χ1) is 6.33. The predicted molar refractivity (Wildman–Crippen MR) is 60.5 cm³/mol. The summed E-state index contributed by atoms with van der Waals surface area (Å²) in [5.41, 5.74) is 5.38. The molecular weight excluding hydrogens is 200 g/mol. The molecule has 0 saturated carbocycles. The maximum atomic E-state index is 5.38. The topological polar surface area (TPSA) is 67.6 Å². The fraction of sp³-hybridized carbons (Fsp3) is 0.778. The number of anilines is 1. The summed E-state index contributed by atoms with van der Waals surface area (Å²) in [7, 11) is 0. The van der Waals surface area contributed by atoms with Gasteiger partial charge in [-0.3, -0.25) is 5.10 Å². The summed E-state index contributed by atoms with van der Waals surface area (Å²) in [5, 5.41) is 6.58. The highest BCUT2D eigenvalue weighted by molar-refractivity contribution is 5.85. The largest absolute Gasteiger partial charge is 0.367 e. The molecule has 4 nitrogen and oxygen atoms in total. The van der Waals surface area contributed by atoms with Crippen molar-refractivity contribution < 1.29 is 0 Å². The van der Waals surface area contributed by atoms with Crippen LogP contribution < -0.4 is 5.73 Å². The fourth-order valence-electron chi connectivity index (χ4n) is 1.32. The second-order valence-corrected chi connectivity index (χ2v) is 3.30. The van der Waals surface area contributed by atoms with Crippen LogP contribution in [-0.2, 0) is 6.42 Å². The first-order valence-corrected chi connectivity index (χ1v) is 4.99. The molecule has 3 N–H and O–H groups in total. The lowest BCUT2D eigenvalue weighted by atomic mass is 10.1. The number of nitrogens with one attached hydrogen (secondary N) is 1. The molecular formula is C9H19ClN4. The lowest BCUT2D eigenvalue weighted by Gasteiger charge is -1.96. The number of nitrogen functional groups attached to an aromatic ring is 1. The summed E-state index contributed by atoms with van der Waals surface area (Å²) in [6, 6.07) is 0. The Morgan fingerprint density at radius 3 is 2.50 bits per heavy atom. The zero-order valence-corrected chi connectivity index (χ0v) is 9.44. The van der Waals surface area contributed by atoms with Crippen molar-refractivity contribution in [2.75, 3.05) is 5.73 Å². The monoisotopic (exact) mass is 218 g/mol. The minimum atomic E-state index is 0. The third-order valence-corrected chi connectivity index (χ3v) is 2.07. The van der Waals surface area contributed by atoms with Crippen molar-refractivity contribution in [3.63, 3.8) is 0 Å². The van der Waals surface area contributed by atoms with E-state index in [1.54, 1.807) is 0 Å². The van der Waals surface area contributed by atoms with Gasteiger partial charge in [-0.05, 0) is 6.42 Å². The molecule has 0 spiro atoms. The van der Waals surface area contributed by atoms with Crippen molar-refractivity contribution in [1.82, 2.24) is 15.2 Å². The van der Waals surface area contributed by atoms with Crippen molar-refractivity contribution in [2.24, 2.45) is 0 Å². The van der Waals surface area contributed by atoms with Crippen molar-refractivity contribution in [3.8, 4) is 0 Å². The first-order valence-electron chi connectivity index (χ1n) is 4.99. The van der Waals surface area contributed by atoms with E-state index in [2.05, 4.69) is 22.1 Å². The molecule has 0 aromatic carbocycles. The lowest BCUT2D eigenvalue weighted by molar-refractivity contribution is 0.623. The van der Waals surface area contributed by atoms with Crippen molar-refractivity contribution >= 4 is 18.4 Å². The number of rotatable bonds is 6. The van der Waals surface area contributed by atoms with Gasteiger partial charge in [0.2, 0.25) is 5.95 Å². The zero-order valence-electron chi connectivity index (χ0n) is 8.62. The van der Waals surface area contributed by atoms with Crippen molar-refractivity contribution in [1.29, 1.82) is 0 Å². The number of aromatic amines is 1. The van der Waals surface area contributed by atoms with Gasteiger partial charge >= 0.3 is 0 Å². The molecule has 0 amide bonds. The van der Waals surface area contributed by atoms with Gasteiger partial charge in [0.05, 0.1) is 0 Å². The highest BCUT2D eigenvalue weighted by Crippen LogP contribution is 2.05. The lowest BCUT2D eigenvalue weighted by Crippen LogP contribution is -1.89. The van der Waals surface area contributed by atoms with Gasteiger partial charge in [-0.15, -0.1) is 17.5 Å². The number of nitrogens with zero attached hydrogens (tertiary/aromatic N) is 2. The molecule has 5 heteroatoms. The summed E-state index contributed by atoms with van der Waals surface area (Å²) in [5.74, 6) is 1.26. The molecule has 0 aliphatic rings. The summed E-state index contributed by atoms with van der Waals surface area (Å²) in [6.45, 7) is 2.22. The third kappa shape index (κ3) is 5.07. The van der Waals surface area contributed by atoms with E-state index in [0.717, 1.165) is 12.2 Å². The van der Waals surface area contributed by atoms with Gasteiger partial charge in [0.1, 0.15) is 5.82 Å². The predicted octanol–water partition coefficient (Wildman–Crippen LogP) is 2.32. The van der Waals surface area contributed by atoms with Crippen molar-refractivity contribution in [2.45, 2.75) is 45.4 Å². The second-order valence-electron chi connectivity index (χ2n) is 3.30. The van der Waals surface area contributed by atoms with Crippen LogP contribution in [0.1, 0.15) is 44.9 Å². The zero-order chi connectivity index (χ0) is 9.52. The molecule has 1 aromatic rings. The van der Waals surface area contributed by atoms with Gasteiger partial charge in [0.15, 0.2) is 0 Å². The van der Waals surface area contributed by atoms with E-state index in [0.29, 0.717) is 5.95 Å². The SMILES string of the molecule is CCCCCCCc1nc(N)n[nH]1.Cl. The number of H-pyrrole nitrogens is 1. The van der Waals surface area contributed by atoms with Crippen LogP contribution in [0, 0.1) is 0 Å². The van der Waals surface area contributed by atoms with Gasteiger partial charge in [-0.25, -0.2) is 0 Å². The molecule has 82 valence electrons. The van der Waals surface area contributed by atoms with Gasteiger partial charge in [-0.1, -0.05) is 32.6 Å². The van der Waals surface area contributed by atoms with E-state index < -0.39 is 0 Å². The molecule has 1 aromatic heterocycles. The standard InChI is InChI=1S/C9H18N4.ClH/c1-2-3-4-5-6-7-8-11-9(10)13-12-8;/h2-7H2,1H3,(H3,10,11,12,13);1H. The molecule has 1 heterocycles. The molecule has 0 aliphatic carbocycles. The number of hydrogen-bond donors (Lipinski definition) is 2. The Bertz CT molecular complexity index is 236. The van der Waals surface area contributed by atoms with Crippen LogP contribution in [0.4, 0.5) is 5.95 Å². The number of unbranched alkanes of at least 4 members (excludes halogenated alkanes) is 4. The number of aryl methyl sites for hydroxylation is 1. The minimum Gasteiger partial charge on any atom is -0.367 e. The molecule has 1 rings (SSSR count). The maximum absolute atomic E-state index is 5.38. The Morgan fingerprint density at radius 1 is 1.21 bits per heavy atom. The molecule has 0 atom stereocenters. The number of aromatic nitrogens is 3. The van der Waals surface area contributed by atoms with Gasteiger partial charge < -0.3 is 5.73 Å². The van der Waals surface area contributed by atoms with Gasteiger partial charge in [-0.2, -0.15) is 4.98 Å².